The third-order valence-corrected chi connectivity index (χ3v) is 6.11. The number of rotatable bonds is 4. The van der Waals surface area contributed by atoms with Gasteiger partial charge in [-0.25, -0.2) is 0 Å². The molecule has 0 atom stereocenters. The summed E-state index contributed by atoms with van der Waals surface area (Å²) in [6, 6.07) is 20.3. The third kappa shape index (κ3) is 4.66. The lowest BCUT2D eigenvalue weighted by molar-refractivity contribution is -0.111. The van der Waals surface area contributed by atoms with Crippen LogP contribution in [-0.2, 0) is 4.79 Å². The first-order chi connectivity index (χ1) is 16.0. The van der Waals surface area contributed by atoms with Crippen LogP contribution in [0.2, 0.25) is 0 Å². The minimum absolute atomic E-state index is 0.132. The van der Waals surface area contributed by atoms with Crippen LogP contribution in [0.3, 0.4) is 0 Å². The van der Waals surface area contributed by atoms with Gasteiger partial charge in [0, 0.05) is 18.1 Å². The molecule has 1 N–H and O–H groups in total. The Bertz CT molecular complexity index is 1550. The number of pyridine rings is 1. The largest absolute Gasteiger partial charge is 0.321 e. The fourth-order valence-corrected chi connectivity index (χ4v) is 4.43. The second-order valence-electron chi connectivity index (χ2n) is 7.44. The van der Waals surface area contributed by atoms with E-state index in [1.165, 1.54) is 4.57 Å². The highest BCUT2D eigenvalue weighted by atomic mass is 32.1. The summed E-state index contributed by atoms with van der Waals surface area (Å²) in [5, 5.41) is 12.8. The Morgan fingerprint density at radius 3 is 2.61 bits per heavy atom. The molecule has 0 saturated carbocycles. The number of amides is 1. The van der Waals surface area contributed by atoms with Crippen molar-refractivity contribution >= 4 is 34.6 Å². The van der Waals surface area contributed by atoms with Crippen molar-refractivity contribution in [1.82, 2.24) is 9.55 Å². The zero-order valence-corrected chi connectivity index (χ0v) is 18.9. The van der Waals surface area contributed by atoms with Crippen LogP contribution in [0.15, 0.2) is 77.9 Å². The highest BCUT2D eigenvalue weighted by Crippen LogP contribution is 2.17. The molecule has 0 unspecified atom stereocenters. The topological polar surface area (TPSA) is 87.8 Å². The van der Waals surface area contributed by atoms with Crippen LogP contribution in [0.25, 0.3) is 17.3 Å². The van der Waals surface area contributed by atoms with E-state index in [1.807, 2.05) is 50.2 Å². The Labute approximate surface area is 194 Å². The molecule has 0 aliphatic rings. The van der Waals surface area contributed by atoms with E-state index >= 15 is 0 Å². The van der Waals surface area contributed by atoms with Gasteiger partial charge in [-0.15, -0.1) is 11.3 Å². The summed E-state index contributed by atoms with van der Waals surface area (Å²) >= 11 is 1.10. The number of para-hydroxylation sites is 1. The minimum Gasteiger partial charge on any atom is -0.321 e. The molecule has 2 aromatic heterocycles. The van der Waals surface area contributed by atoms with Gasteiger partial charge in [0.15, 0.2) is 5.57 Å². The number of aromatic nitrogens is 2. The standard InChI is InChI=1S/C26H20N4O2S/c1-17-10-11-18(2)22(13-17)29-24(31)21(15-27)26-30(20-8-4-3-5-9-20)25(32)23(33-26)14-19-7-6-12-28-16-19/h3-14,16H,1-2H3,(H,29,31)/b23-14+,26-21-. The Kier molecular flexibility index (Phi) is 6.29. The van der Waals surface area contributed by atoms with E-state index in [1.54, 1.807) is 48.8 Å². The van der Waals surface area contributed by atoms with Crippen molar-refractivity contribution in [3.8, 4) is 11.8 Å². The average molecular weight is 453 g/mol. The Morgan fingerprint density at radius 1 is 1.12 bits per heavy atom. The normalized spacial score (nSPS) is 12.2. The molecule has 0 aliphatic carbocycles. The number of nitrogens with one attached hydrogen (secondary N) is 1. The summed E-state index contributed by atoms with van der Waals surface area (Å²) < 4.78 is 2.08. The number of hydrogen-bond acceptors (Lipinski definition) is 5. The smallest absolute Gasteiger partial charge is 0.273 e. The van der Waals surface area contributed by atoms with Crippen molar-refractivity contribution in [2.45, 2.75) is 13.8 Å². The SMILES string of the molecule is Cc1ccc(C)c(NC(=O)/C(C#N)=c2\s/c(=C/c3cccnc3)c(=O)n2-c2ccccc2)c1. The molecule has 33 heavy (non-hydrogen) atoms. The summed E-state index contributed by atoms with van der Waals surface area (Å²) in [6.45, 7) is 3.81. The third-order valence-electron chi connectivity index (χ3n) is 5.01. The molecular weight excluding hydrogens is 432 g/mol. The van der Waals surface area contributed by atoms with Gasteiger partial charge in [0.1, 0.15) is 10.7 Å². The monoisotopic (exact) mass is 452 g/mol. The molecule has 2 heterocycles. The van der Waals surface area contributed by atoms with Crippen molar-refractivity contribution < 1.29 is 4.79 Å². The lowest BCUT2D eigenvalue weighted by Gasteiger charge is -2.09. The van der Waals surface area contributed by atoms with Gasteiger partial charge in [0.05, 0.1) is 10.2 Å². The number of benzene rings is 2. The van der Waals surface area contributed by atoms with Crippen LogP contribution in [0.4, 0.5) is 5.69 Å². The molecule has 0 radical (unpaired) electrons. The quantitative estimate of drug-likeness (QED) is 0.516. The first-order valence-corrected chi connectivity index (χ1v) is 11.0. The van der Waals surface area contributed by atoms with Gasteiger partial charge < -0.3 is 5.32 Å². The molecule has 2 aromatic carbocycles. The van der Waals surface area contributed by atoms with Gasteiger partial charge in [-0.05, 0) is 60.9 Å². The van der Waals surface area contributed by atoms with Crippen LogP contribution < -0.4 is 20.1 Å². The zero-order valence-electron chi connectivity index (χ0n) is 18.1. The van der Waals surface area contributed by atoms with E-state index < -0.39 is 5.91 Å². The van der Waals surface area contributed by atoms with Gasteiger partial charge in [-0.2, -0.15) is 5.26 Å². The number of nitrogens with zero attached hydrogens (tertiary/aromatic N) is 3. The van der Waals surface area contributed by atoms with Gasteiger partial charge in [-0.1, -0.05) is 36.4 Å². The molecule has 7 heteroatoms. The maximum Gasteiger partial charge on any atom is 0.273 e. The molecule has 0 saturated heterocycles. The lowest BCUT2D eigenvalue weighted by atomic mass is 10.1. The average Bonchev–Trinajstić information content (AvgIpc) is 3.13. The number of thiazole rings is 1. The van der Waals surface area contributed by atoms with E-state index in [0.29, 0.717) is 15.9 Å². The molecule has 4 rings (SSSR count). The minimum atomic E-state index is -0.565. The molecule has 0 fully saturated rings. The first-order valence-electron chi connectivity index (χ1n) is 10.2. The van der Waals surface area contributed by atoms with Crippen molar-refractivity contribution in [2.75, 3.05) is 5.32 Å². The number of nitriles is 1. The Morgan fingerprint density at radius 2 is 1.91 bits per heavy atom. The highest BCUT2D eigenvalue weighted by molar-refractivity contribution is 7.07. The Balaban J connectivity index is 1.95. The second kappa shape index (κ2) is 9.47. The Hall–Kier alpha value is -4.28. The van der Waals surface area contributed by atoms with Crippen molar-refractivity contribution in [2.24, 2.45) is 0 Å². The maximum atomic E-state index is 13.4. The maximum absolute atomic E-state index is 13.4. The van der Waals surface area contributed by atoms with Crippen molar-refractivity contribution in [3.05, 3.63) is 109 Å². The summed E-state index contributed by atoms with van der Waals surface area (Å²) in [4.78, 5) is 30.6. The molecule has 0 spiro atoms. The second-order valence-corrected chi connectivity index (χ2v) is 8.47. The summed E-state index contributed by atoms with van der Waals surface area (Å²) in [7, 11) is 0. The van der Waals surface area contributed by atoms with E-state index in [0.717, 1.165) is 28.0 Å². The van der Waals surface area contributed by atoms with E-state index in [2.05, 4.69) is 10.3 Å². The molecule has 1 amide bonds. The van der Waals surface area contributed by atoms with Crippen molar-refractivity contribution in [3.63, 3.8) is 0 Å². The summed E-state index contributed by atoms with van der Waals surface area (Å²) in [6.07, 6.45) is 5.01. The van der Waals surface area contributed by atoms with Crippen LogP contribution in [0, 0.1) is 25.2 Å². The van der Waals surface area contributed by atoms with Gasteiger partial charge in [0.25, 0.3) is 11.5 Å². The van der Waals surface area contributed by atoms with E-state index in [4.69, 9.17) is 0 Å². The van der Waals surface area contributed by atoms with Crippen molar-refractivity contribution in [1.29, 1.82) is 5.26 Å². The number of aryl methyl sites for hydroxylation is 2. The van der Waals surface area contributed by atoms with E-state index in [9.17, 15) is 14.9 Å². The molecule has 4 aromatic rings. The van der Waals surface area contributed by atoms with E-state index in [-0.39, 0.29) is 15.8 Å². The fourth-order valence-electron chi connectivity index (χ4n) is 3.33. The lowest BCUT2D eigenvalue weighted by Crippen LogP contribution is -2.32. The van der Waals surface area contributed by atoms with Crippen LogP contribution in [0.1, 0.15) is 16.7 Å². The molecular formula is C26H20N4O2S. The highest BCUT2D eigenvalue weighted by Gasteiger charge is 2.18. The number of hydrogen-bond donors (Lipinski definition) is 1. The first kappa shape index (κ1) is 21.9. The molecule has 162 valence electrons. The van der Waals surface area contributed by atoms with Gasteiger partial charge in [0.2, 0.25) is 0 Å². The fraction of sp³-hybridized carbons (Fsp3) is 0.0769. The zero-order chi connectivity index (χ0) is 23.4. The predicted octanol–water partition coefficient (Wildman–Crippen LogP) is 3.05. The number of carbonyl (C=O) groups excluding carboxylic acids is 1. The summed E-state index contributed by atoms with van der Waals surface area (Å²) in [5.41, 5.74) is 3.38. The van der Waals surface area contributed by atoms with Gasteiger partial charge in [-0.3, -0.25) is 19.1 Å². The van der Waals surface area contributed by atoms with Crippen LogP contribution >= 0.6 is 11.3 Å². The van der Waals surface area contributed by atoms with Crippen LogP contribution in [0.5, 0.6) is 0 Å². The predicted molar refractivity (Wildman–Crippen MR) is 131 cm³/mol. The van der Waals surface area contributed by atoms with Crippen LogP contribution in [-0.4, -0.2) is 15.5 Å². The van der Waals surface area contributed by atoms with Gasteiger partial charge >= 0.3 is 0 Å². The molecule has 0 bridgehead atoms. The summed E-state index contributed by atoms with van der Waals surface area (Å²) in [5.74, 6) is -0.565. The molecule has 6 nitrogen and oxygen atoms in total. The number of carbonyl (C=O) groups is 1. The molecule has 0 aliphatic heterocycles. The number of anilines is 1.